The summed E-state index contributed by atoms with van der Waals surface area (Å²) in [6.45, 7) is 2.10. The normalized spacial score (nSPS) is 16.0. The van der Waals surface area contributed by atoms with Gasteiger partial charge in [-0.2, -0.15) is 0 Å². The SMILES string of the molecule is C[C@@H]1N=C(c2ccc(F)cc2)c2cc(Cl)c(CCNS(=O)[O-])cc2-c2cn(C)c(=O)cc21. The molecule has 1 unspecified atom stereocenters. The van der Waals surface area contributed by atoms with E-state index in [1.54, 1.807) is 37.5 Å². The van der Waals surface area contributed by atoms with Crippen molar-refractivity contribution in [3.8, 4) is 11.1 Å². The molecule has 0 bridgehead atoms. The first-order chi connectivity index (χ1) is 15.2. The number of aromatic nitrogens is 1. The molecule has 0 amide bonds. The second-order valence-corrected chi connectivity index (χ2v) is 8.79. The van der Waals surface area contributed by atoms with E-state index in [4.69, 9.17) is 16.6 Å². The zero-order chi connectivity index (χ0) is 23.0. The van der Waals surface area contributed by atoms with E-state index < -0.39 is 11.3 Å². The van der Waals surface area contributed by atoms with Gasteiger partial charge in [0, 0.05) is 58.8 Å². The van der Waals surface area contributed by atoms with E-state index in [9.17, 15) is 17.9 Å². The second-order valence-electron chi connectivity index (χ2n) is 7.62. The molecule has 2 atom stereocenters. The minimum Gasteiger partial charge on any atom is -0.760 e. The topological polar surface area (TPSA) is 86.5 Å². The Morgan fingerprint density at radius 1 is 1.19 bits per heavy atom. The number of hydrogen-bond acceptors (Lipinski definition) is 4. The summed E-state index contributed by atoms with van der Waals surface area (Å²) in [5, 5.41) is 0.470. The number of aryl methyl sites for hydroxylation is 1. The fraction of sp³-hybridized carbons (Fsp3) is 0.217. The lowest BCUT2D eigenvalue weighted by molar-refractivity contribution is 0.523. The highest BCUT2D eigenvalue weighted by molar-refractivity contribution is 7.77. The quantitative estimate of drug-likeness (QED) is 0.574. The standard InChI is InChI=1S/C23H21ClFN3O3S/c1-13-17-11-22(29)28(2)12-20(17)18-9-15(7-8-26-32(30)31)21(24)10-19(18)23(27-13)14-3-5-16(25)6-4-14/h3-6,9-13,26H,7-8H2,1-2H3,(H,30,31)/p-1/t13-/m0/s1. The molecule has 3 aromatic rings. The highest BCUT2D eigenvalue weighted by Gasteiger charge is 2.25. The van der Waals surface area contributed by atoms with E-state index in [0.717, 1.165) is 33.4 Å². The van der Waals surface area contributed by atoms with E-state index in [0.29, 0.717) is 17.2 Å². The van der Waals surface area contributed by atoms with Gasteiger partial charge in [0.2, 0.25) is 0 Å². The fourth-order valence-corrected chi connectivity index (χ4v) is 4.41. The lowest BCUT2D eigenvalue weighted by Crippen LogP contribution is -2.19. The first kappa shape index (κ1) is 22.5. The van der Waals surface area contributed by atoms with Gasteiger partial charge >= 0.3 is 0 Å². The van der Waals surface area contributed by atoms with Crippen LogP contribution >= 0.6 is 11.6 Å². The minimum absolute atomic E-state index is 0.145. The van der Waals surface area contributed by atoms with Gasteiger partial charge < -0.3 is 9.12 Å². The number of nitrogens with zero attached hydrogens (tertiary/aromatic N) is 2. The smallest absolute Gasteiger partial charge is 0.250 e. The molecule has 0 fully saturated rings. The Labute approximate surface area is 192 Å². The Morgan fingerprint density at radius 3 is 2.59 bits per heavy atom. The van der Waals surface area contributed by atoms with Gasteiger partial charge in [0.1, 0.15) is 5.82 Å². The molecule has 0 radical (unpaired) electrons. The molecule has 0 spiro atoms. The van der Waals surface area contributed by atoms with E-state index in [1.165, 1.54) is 16.7 Å². The van der Waals surface area contributed by atoms with Gasteiger partial charge in [0.25, 0.3) is 5.56 Å². The molecule has 166 valence electrons. The maximum absolute atomic E-state index is 13.6. The van der Waals surface area contributed by atoms with Crippen molar-refractivity contribution >= 4 is 28.6 Å². The number of hydrogen-bond donors (Lipinski definition) is 1. The molecule has 2 aromatic carbocycles. The van der Waals surface area contributed by atoms with Gasteiger partial charge in [-0.05, 0) is 66.4 Å². The van der Waals surface area contributed by atoms with Gasteiger partial charge in [0.15, 0.2) is 0 Å². The third-order valence-electron chi connectivity index (χ3n) is 5.50. The van der Waals surface area contributed by atoms with E-state index in [1.807, 2.05) is 13.0 Å². The Hall–Kier alpha value is -2.65. The summed E-state index contributed by atoms with van der Waals surface area (Å²) in [5.41, 5.74) is 5.19. The summed E-state index contributed by atoms with van der Waals surface area (Å²) in [6, 6.07) is 11.0. The molecule has 1 N–H and O–H groups in total. The minimum atomic E-state index is -2.36. The van der Waals surface area contributed by atoms with Crippen molar-refractivity contribution in [3.63, 3.8) is 0 Å². The van der Waals surface area contributed by atoms with Crippen LogP contribution in [0.5, 0.6) is 0 Å². The largest absolute Gasteiger partial charge is 0.760 e. The fourth-order valence-electron chi connectivity index (χ4n) is 3.88. The van der Waals surface area contributed by atoms with Crippen LogP contribution in [0.1, 0.15) is 35.2 Å². The average Bonchev–Trinajstić information content (AvgIpc) is 2.84. The third kappa shape index (κ3) is 4.45. The number of rotatable bonds is 5. The molecule has 0 saturated heterocycles. The molecule has 9 heteroatoms. The Balaban J connectivity index is 1.95. The molecular weight excluding hydrogens is 453 g/mol. The average molecular weight is 473 g/mol. The van der Waals surface area contributed by atoms with Gasteiger partial charge in [-0.25, -0.2) is 9.11 Å². The molecule has 2 heterocycles. The van der Waals surface area contributed by atoms with Gasteiger partial charge in [-0.15, -0.1) is 0 Å². The third-order valence-corrected chi connectivity index (χ3v) is 6.29. The Kier molecular flexibility index (Phi) is 6.39. The summed E-state index contributed by atoms with van der Waals surface area (Å²) in [5.74, 6) is -0.348. The lowest BCUT2D eigenvalue weighted by Gasteiger charge is -2.16. The molecule has 1 aliphatic heterocycles. The monoisotopic (exact) mass is 472 g/mol. The maximum atomic E-state index is 13.6. The number of halogens is 2. The highest BCUT2D eigenvalue weighted by atomic mass is 35.5. The summed E-state index contributed by atoms with van der Waals surface area (Å²) in [7, 11) is 1.68. The summed E-state index contributed by atoms with van der Waals surface area (Å²) >= 11 is 4.21. The van der Waals surface area contributed by atoms with E-state index in [2.05, 4.69) is 4.72 Å². The van der Waals surface area contributed by atoms with Crippen LogP contribution in [0.2, 0.25) is 5.02 Å². The van der Waals surface area contributed by atoms with Crippen molar-refractivity contribution in [2.45, 2.75) is 19.4 Å². The van der Waals surface area contributed by atoms with Crippen molar-refractivity contribution in [1.29, 1.82) is 0 Å². The zero-order valence-corrected chi connectivity index (χ0v) is 19.0. The second kappa shape index (κ2) is 9.07. The molecule has 4 rings (SSSR count). The van der Waals surface area contributed by atoms with Crippen molar-refractivity contribution in [1.82, 2.24) is 9.29 Å². The Morgan fingerprint density at radius 2 is 1.91 bits per heavy atom. The summed E-state index contributed by atoms with van der Waals surface area (Å²) in [6.07, 6.45) is 2.17. The van der Waals surface area contributed by atoms with E-state index in [-0.39, 0.29) is 24.0 Å². The van der Waals surface area contributed by atoms with Crippen LogP contribution in [0.25, 0.3) is 11.1 Å². The zero-order valence-electron chi connectivity index (χ0n) is 17.4. The molecule has 0 saturated carbocycles. The summed E-state index contributed by atoms with van der Waals surface area (Å²) < 4.78 is 39.1. The molecule has 1 aliphatic rings. The maximum Gasteiger partial charge on any atom is 0.250 e. The van der Waals surface area contributed by atoms with Gasteiger partial charge in [0.05, 0.1) is 11.8 Å². The van der Waals surface area contributed by atoms with E-state index >= 15 is 0 Å². The van der Waals surface area contributed by atoms with Crippen LogP contribution in [0.3, 0.4) is 0 Å². The number of nitrogens with one attached hydrogen (secondary N) is 1. The number of pyridine rings is 1. The van der Waals surface area contributed by atoms with Crippen LogP contribution in [0.4, 0.5) is 4.39 Å². The first-order valence-electron chi connectivity index (χ1n) is 9.95. The van der Waals surface area contributed by atoms with Crippen LogP contribution in [-0.4, -0.2) is 25.6 Å². The highest BCUT2D eigenvalue weighted by Crippen LogP contribution is 2.39. The van der Waals surface area contributed by atoms with Gasteiger partial charge in [-0.3, -0.25) is 14.0 Å². The first-order valence-corrected chi connectivity index (χ1v) is 11.4. The summed E-state index contributed by atoms with van der Waals surface area (Å²) in [4.78, 5) is 17.2. The number of benzene rings is 2. The predicted molar refractivity (Wildman–Crippen MR) is 123 cm³/mol. The van der Waals surface area contributed by atoms with Crippen molar-refractivity contribution < 1.29 is 13.2 Å². The Bertz CT molecular complexity index is 1310. The van der Waals surface area contributed by atoms with Crippen molar-refractivity contribution in [2.75, 3.05) is 6.54 Å². The predicted octanol–water partition coefficient (Wildman–Crippen LogP) is 3.68. The molecule has 32 heavy (non-hydrogen) atoms. The molecule has 1 aromatic heterocycles. The van der Waals surface area contributed by atoms with Crippen molar-refractivity contribution in [2.24, 2.45) is 12.0 Å². The number of aliphatic imine (C=N–C) groups is 1. The van der Waals surface area contributed by atoms with Crippen LogP contribution in [-0.2, 0) is 24.7 Å². The molecule has 6 nitrogen and oxygen atoms in total. The van der Waals surface area contributed by atoms with Crippen LogP contribution in [0.15, 0.2) is 58.4 Å². The van der Waals surface area contributed by atoms with Gasteiger partial charge in [-0.1, -0.05) is 11.6 Å². The van der Waals surface area contributed by atoms with Crippen LogP contribution in [0, 0.1) is 5.82 Å². The lowest BCUT2D eigenvalue weighted by atomic mass is 9.90. The molecule has 0 aliphatic carbocycles. The van der Waals surface area contributed by atoms with Crippen LogP contribution < -0.4 is 10.3 Å². The van der Waals surface area contributed by atoms with Crippen molar-refractivity contribution in [3.05, 3.63) is 92.1 Å². The number of fused-ring (bicyclic) bond motifs is 3. The molecular formula is C23H20ClFN3O3S-.